The van der Waals surface area contributed by atoms with Crippen molar-refractivity contribution in [2.24, 2.45) is 23.7 Å². The lowest BCUT2D eigenvalue weighted by Crippen LogP contribution is -2.25. The molecule has 0 heteroatoms. The maximum Gasteiger partial charge on any atom is -0.0386 e. The van der Waals surface area contributed by atoms with Gasteiger partial charge in [-0.25, -0.2) is 0 Å². The van der Waals surface area contributed by atoms with Crippen LogP contribution in [0.25, 0.3) is 0 Å². The van der Waals surface area contributed by atoms with Gasteiger partial charge < -0.3 is 0 Å². The average Bonchev–Trinajstić information content (AvgIpc) is 2.55. The van der Waals surface area contributed by atoms with Gasteiger partial charge in [0.1, 0.15) is 0 Å². The van der Waals surface area contributed by atoms with Crippen molar-refractivity contribution >= 4 is 0 Å². The SMILES string of the molecule is C=C.CCCCC1CCC(C2CCC(CC)CC2)CC1. The van der Waals surface area contributed by atoms with Crippen LogP contribution in [0.15, 0.2) is 13.2 Å². The van der Waals surface area contributed by atoms with E-state index in [1.165, 1.54) is 38.5 Å². The van der Waals surface area contributed by atoms with Gasteiger partial charge in [-0.15, -0.1) is 13.2 Å². The van der Waals surface area contributed by atoms with Gasteiger partial charge in [0.2, 0.25) is 0 Å². The van der Waals surface area contributed by atoms with Crippen LogP contribution in [0.4, 0.5) is 0 Å². The quantitative estimate of drug-likeness (QED) is 0.475. The molecule has 0 aromatic carbocycles. The molecule has 0 aromatic rings. The molecule has 118 valence electrons. The van der Waals surface area contributed by atoms with Crippen LogP contribution < -0.4 is 0 Å². The Morgan fingerprint density at radius 1 is 0.700 bits per heavy atom. The Morgan fingerprint density at radius 3 is 1.55 bits per heavy atom. The van der Waals surface area contributed by atoms with Gasteiger partial charge in [-0.2, -0.15) is 0 Å². The number of hydrogen-bond acceptors (Lipinski definition) is 0. The number of hydrogen-bond donors (Lipinski definition) is 0. The molecule has 0 aliphatic heterocycles. The molecule has 2 aliphatic carbocycles. The largest absolute Gasteiger partial charge is 0.106 e. The van der Waals surface area contributed by atoms with E-state index in [4.69, 9.17) is 0 Å². The Labute approximate surface area is 128 Å². The second-order valence-electron chi connectivity index (χ2n) is 7.11. The average molecular weight is 279 g/mol. The highest BCUT2D eigenvalue weighted by Gasteiger charge is 2.30. The molecule has 2 rings (SSSR count). The maximum absolute atomic E-state index is 3.00. The summed E-state index contributed by atoms with van der Waals surface area (Å²) in [6.07, 6.45) is 18.2. The fourth-order valence-electron chi connectivity index (χ4n) is 4.51. The highest BCUT2D eigenvalue weighted by molar-refractivity contribution is 4.81. The summed E-state index contributed by atoms with van der Waals surface area (Å²) in [5.74, 6) is 4.39. The van der Waals surface area contributed by atoms with Crippen LogP contribution >= 0.6 is 0 Å². The minimum absolute atomic E-state index is 1.07. The van der Waals surface area contributed by atoms with Gasteiger partial charge in [0.15, 0.2) is 0 Å². The van der Waals surface area contributed by atoms with Crippen LogP contribution in [-0.2, 0) is 0 Å². The Kier molecular flexibility index (Phi) is 9.31. The van der Waals surface area contributed by atoms with E-state index in [1.807, 2.05) is 0 Å². The lowest BCUT2D eigenvalue weighted by molar-refractivity contribution is 0.142. The highest BCUT2D eigenvalue weighted by atomic mass is 14.4. The molecule has 0 nitrogen and oxygen atoms in total. The second-order valence-corrected chi connectivity index (χ2v) is 7.11. The van der Waals surface area contributed by atoms with Crippen LogP contribution in [0, 0.1) is 23.7 Å². The number of rotatable bonds is 5. The lowest BCUT2D eigenvalue weighted by Gasteiger charge is -2.37. The Balaban J connectivity index is 0.000000956. The van der Waals surface area contributed by atoms with Gasteiger partial charge in [-0.1, -0.05) is 65.2 Å². The molecule has 2 fully saturated rings. The number of unbranched alkanes of at least 4 members (excludes halogenated alkanes) is 1. The molecule has 0 spiro atoms. The molecule has 0 unspecified atom stereocenters. The third-order valence-corrected chi connectivity index (χ3v) is 5.99. The molecule has 0 radical (unpaired) electrons. The van der Waals surface area contributed by atoms with E-state index in [2.05, 4.69) is 27.0 Å². The Hall–Kier alpha value is -0.260. The summed E-state index contributed by atoms with van der Waals surface area (Å²) in [7, 11) is 0. The summed E-state index contributed by atoms with van der Waals surface area (Å²) in [5, 5.41) is 0. The molecule has 0 saturated heterocycles. The summed E-state index contributed by atoms with van der Waals surface area (Å²) in [5.41, 5.74) is 0. The lowest BCUT2D eigenvalue weighted by atomic mass is 9.68. The summed E-state index contributed by atoms with van der Waals surface area (Å²) >= 11 is 0. The van der Waals surface area contributed by atoms with Gasteiger partial charge in [0, 0.05) is 0 Å². The summed E-state index contributed by atoms with van der Waals surface area (Å²) in [4.78, 5) is 0. The zero-order chi connectivity index (χ0) is 14.8. The van der Waals surface area contributed by atoms with Crippen molar-refractivity contribution < 1.29 is 0 Å². The molecule has 0 heterocycles. The second kappa shape index (κ2) is 10.5. The fourth-order valence-corrected chi connectivity index (χ4v) is 4.51. The molecular formula is C20H38. The third-order valence-electron chi connectivity index (χ3n) is 5.99. The maximum atomic E-state index is 3.00. The molecular weight excluding hydrogens is 240 g/mol. The van der Waals surface area contributed by atoms with Crippen molar-refractivity contribution in [3.05, 3.63) is 13.2 Å². The van der Waals surface area contributed by atoms with Crippen molar-refractivity contribution in [1.29, 1.82) is 0 Å². The standard InChI is InChI=1S/C18H34.C2H4/c1-3-5-6-16-9-13-18(14-10-16)17-11-7-15(4-2)8-12-17;1-2/h15-18H,3-14H2,1-2H3;1-2H2. The van der Waals surface area contributed by atoms with E-state index in [1.54, 1.807) is 38.5 Å². The molecule has 20 heavy (non-hydrogen) atoms. The minimum atomic E-state index is 1.07. The van der Waals surface area contributed by atoms with E-state index >= 15 is 0 Å². The van der Waals surface area contributed by atoms with Gasteiger partial charge in [-0.05, 0) is 49.4 Å². The first-order valence-electron chi connectivity index (χ1n) is 9.33. The van der Waals surface area contributed by atoms with Crippen LogP contribution in [0.3, 0.4) is 0 Å². The molecule has 0 atom stereocenters. The summed E-state index contributed by atoms with van der Waals surface area (Å²) in [6.45, 7) is 10.7. The van der Waals surface area contributed by atoms with Crippen LogP contribution in [0.1, 0.15) is 90.9 Å². The fraction of sp³-hybridized carbons (Fsp3) is 0.900. The van der Waals surface area contributed by atoms with E-state index in [9.17, 15) is 0 Å². The first-order valence-corrected chi connectivity index (χ1v) is 9.33. The van der Waals surface area contributed by atoms with Crippen molar-refractivity contribution in [2.45, 2.75) is 90.9 Å². The predicted molar refractivity (Wildman–Crippen MR) is 92.0 cm³/mol. The van der Waals surface area contributed by atoms with Gasteiger partial charge >= 0.3 is 0 Å². The zero-order valence-electron chi connectivity index (χ0n) is 14.2. The van der Waals surface area contributed by atoms with Crippen LogP contribution in [0.5, 0.6) is 0 Å². The predicted octanol–water partition coefficient (Wildman–Crippen LogP) is 7.00. The van der Waals surface area contributed by atoms with Crippen molar-refractivity contribution in [3.63, 3.8) is 0 Å². The highest BCUT2D eigenvalue weighted by Crippen LogP contribution is 2.42. The Bertz CT molecular complexity index is 216. The summed E-state index contributed by atoms with van der Waals surface area (Å²) < 4.78 is 0. The molecule has 0 aromatic heterocycles. The molecule has 0 amide bonds. The van der Waals surface area contributed by atoms with Gasteiger partial charge in [-0.3, -0.25) is 0 Å². The zero-order valence-corrected chi connectivity index (χ0v) is 14.2. The molecule has 0 N–H and O–H groups in total. The van der Waals surface area contributed by atoms with Crippen molar-refractivity contribution in [3.8, 4) is 0 Å². The van der Waals surface area contributed by atoms with Crippen LogP contribution in [-0.4, -0.2) is 0 Å². The van der Waals surface area contributed by atoms with E-state index in [-0.39, 0.29) is 0 Å². The monoisotopic (exact) mass is 278 g/mol. The topological polar surface area (TPSA) is 0 Å². The molecule has 2 saturated carbocycles. The molecule has 0 bridgehead atoms. The smallest absolute Gasteiger partial charge is 0.0386 e. The van der Waals surface area contributed by atoms with Gasteiger partial charge in [0.05, 0.1) is 0 Å². The van der Waals surface area contributed by atoms with Crippen molar-refractivity contribution in [1.82, 2.24) is 0 Å². The van der Waals surface area contributed by atoms with E-state index in [0.717, 1.165) is 23.7 Å². The van der Waals surface area contributed by atoms with E-state index < -0.39 is 0 Å². The normalized spacial score (nSPS) is 34.1. The molecule has 2 aliphatic rings. The van der Waals surface area contributed by atoms with Crippen LogP contribution in [0.2, 0.25) is 0 Å². The van der Waals surface area contributed by atoms with Crippen molar-refractivity contribution in [2.75, 3.05) is 0 Å². The van der Waals surface area contributed by atoms with Gasteiger partial charge in [0.25, 0.3) is 0 Å². The van der Waals surface area contributed by atoms with E-state index in [0.29, 0.717) is 0 Å². The first kappa shape index (κ1) is 17.8. The Morgan fingerprint density at radius 2 is 1.15 bits per heavy atom. The summed E-state index contributed by atoms with van der Waals surface area (Å²) in [6, 6.07) is 0. The minimum Gasteiger partial charge on any atom is -0.106 e. The first-order chi connectivity index (χ1) is 9.83. The third kappa shape index (κ3) is 5.62.